The molecule has 3 unspecified atom stereocenters. The van der Waals surface area contributed by atoms with Crippen LogP contribution in [0.5, 0.6) is 5.75 Å². The van der Waals surface area contributed by atoms with Crippen LogP contribution >= 0.6 is 0 Å². The molecule has 1 saturated carbocycles. The number of aliphatic hydroxyl groups is 1. The fourth-order valence-corrected chi connectivity index (χ4v) is 3.61. The van der Waals surface area contributed by atoms with E-state index < -0.39 is 6.10 Å². The van der Waals surface area contributed by atoms with E-state index in [2.05, 4.69) is 31.0 Å². The second-order valence-electron chi connectivity index (χ2n) is 6.32. The number of rotatable bonds is 4. The van der Waals surface area contributed by atoms with E-state index >= 15 is 0 Å². The van der Waals surface area contributed by atoms with Crippen molar-refractivity contribution in [2.45, 2.75) is 44.2 Å². The number of hydrogen-bond donors (Lipinski definition) is 1. The fourth-order valence-electron chi connectivity index (χ4n) is 3.61. The summed E-state index contributed by atoms with van der Waals surface area (Å²) in [5, 5.41) is 15.3. The average molecular weight is 281 g/mol. The molecule has 1 aliphatic carbocycles. The molecule has 0 spiro atoms. The Hall–Kier alpha value is -1.07. The molecule has 1 heterocycles. The molecule has 20 heavy (non-hydrogen) atoms. The van der Waals surface area contributed by atoms with Crippen molar-refractivity contribution in [1.29, 1.82) is 0 Å². The second-order valence-corrected chi connectivity index (χ2v) is 6.32. The van der Waals surface area contributed by atoms with Gasteiger partial charge in [-0.3, -0.25) is 4.68 Å². The zero-order valence-corrected chi connectivity index (χ0v) is 13.3. The van der Waals surface area contributed by atoms with Gasteiger partial charge in [0.25, 0.3) is 0 Å². The number of likely N-dealkylation sites (N-methyl/N-ethyl adjacent to an activating group) is 1. The topological polar surface area (TPSA) is 50.5 Å². The number of hydrogen-bond acceptors (Lipinski definition) is 4. The van der Waals surface area contributed by atoms with Gasteiger partial charge < -0.3 is 14.7 Å². The molecule has 0 bridgehead atoms. The van der Waals surface area contributed by atoms with Gasteiger partial charge >= 0.3 is 0 Å². The van der Waals surface area contributed by atoms with Crippen LogP contribution in [-0.2, 0) is 7.05 Å². The molecule has 0 aromatic carbocycles. The molecule has 1 N–H and O–H groups in total. The quantitative estimate of drug-likeness (QED) is 0.917. The molecule has 1 fully saturated rings. The monoisotopic (exact) mass is 281 g/mol. The van der Waals surface area contributed by atoms with E-state index in [9.17, 15) is 5.11 Å². The molecule has 0 radical (unpaired) electrons. The van der Waals surface area contributed by atoms with Crippen molar-refractivity contribution in [2.24, 2.45) is 13.0 Å². The molecule has 3 atom stereocenters. The lowest BCUT2D eigenvalue weighted by Gasteiger charge is -2.48. The van der Waals surface area contributed by atoms with Gasteiger partial charge in [-0.2, -0.15) is 5.10 Å². The minimum absolute atomic E-state index is 0.237. The molecule has 5 nitrogen and oxygen atoms in total. The number of nitrogens with zero attached hydrogens (tertiary/aromatic N) is 3. The summed E-state index contributed by atoms with van der Waals surface area (Å²) in [6.07, 6.45) is 5.47. The Bertz CT molecular complexity index is 458. The Kier molecular flexibility index (Phi) is 4.39. The third kappa shape index (κ3) is 2.44. The van der Waals surface area contributed by atoms with Gasteiger partial charge in [0.2, 0.25) is 0 Å². The molecule has 114 valence electrons. The van der Waals surface area contributed by atoms with E-state index in [4.69, 9.17) is 4.74 Å². The third-order valence-electron chi connectivity index (χ3n) is 4.84. The van der Waals surface area contributed by atoms with E-state index in [1.807, 2.05) is 7.05 Å². The Morgan fingerprint density at radius 3 is 2.80 bits per heavy atom. The predicted octanol–water partition coefficient (Wildman–Crippen LogP) is 1.97. The Morgan fingerprint density at radius 2 is 2.25 bits per heavy atom. The molecular weight excluding hydrogens is 254 g/mol. The number of aliphatic hydroxyl groups excluding tert-OH is 1. The molecule has 1 aliphatic rings. The van der Waals surface area contributed by atoms with Crippen molar-refractivity contribution >= 4 is 0 Å². The van der Waals surface area contributed by atoms with Gasteiger partial charge in [-0.15, -0.1) is 0 Å². The molecular formula is C15H27N3O2. The molecule has 0 amide bonds. The first-order valence-corrected chi connectivity index (χ1v) is 7.33. The highest BCUT2D eigenvalue weighted by Gasteiger charge is 2.45. The van der Waals surface area contributed by atoms with Crippen LogP contribution in [0.25, 0.3) is 0 Å². The van der Waals surface area contributed by atoms with E-state index in [-0.39, 0.29) is 5.54 Å². The minimum atomic E-state index is -0.595. The van der Waals surface area contributed by atoms with Crippen LogP contribution in [0.15, 0.2) is 6.20 Å². The summed E-state index contributed by atoms with van der Waals surface area (Å²) >= 11 is 0. The second kappa shape index (κ2) is 5.74. The highest BCUT2D eigenvalue weighted by Crippen LogP contribution is 2.45. The van der Waals surface area contributed by atoms with Crippen molar-refractivity contribution in [1.82, 2.24) is 14.7 Å². The van der Waals surface area contributed by atoms with Crippen LogP contribution in [0, 0.1) is 5.92 Å². The summed E-state index contributed by atoms with van der Waals surface area (Å²) in [7, 11) is 7.60. The summed E-state index contributed by atoms with van der Waals surface area (Å²) in [4.78, 5) is 2.18. The zero-order valence-electron chi connectivity index (χ0n) is 13.3. The van der Waals surface area contributed by atoms with E-state index in [1.165, 1.54) is 6.42 Å². The molecule has 2 rings (SSSR count). The van der Waals surface area contributed by atoms with Crippen LogP contribution in [0.4, 0.5) is 0 Å². The Balaban J connectivity index is 2.41. The molecule has 1 aromatic heterocycles. The van der Waals surface area contributed by atoms with Crippen LogP contribution in [-0.4, -0.2) is 46.5 Å². The average Bonchev–Trinajstić information content (AvgIpc) is 2.78. The molecule has 1 aromatic rings. The van der Waals surface area contributed by atoms with Crippen molar-refractivity contribution in [3.05, 3.63) is 11.9 Å². The first-order chi connectivity index (χ1) is 9.42. The molecule has 0 saturated heterocycles. The van der Waals surface area contributed by atoms with Crippen LogP contribution in [0.1, 0.15) is 44.4 Å². The maximum atomic E-state index is 11.1. The fraction of sp³-hybridized carbons (Fsp3) is 0.800. The number of ether oxygens (including phenoxy) is 1. The number of aromatic nitrogens is 2. The van der Waals surface area contributed by atoms with E-state index in [0.717, 1.165) is 25.0 Å². The summed E-state index contributed by atoms with van der Waals surface area (Å²) in [6, 6.07) is 0. The van der Waals surface area contributed by atoms with Crippen molar-refractivity contribution in [2.75, 3.05) is 21.2 Å². The van der Waals surface area contributed by atoms with Gasteiger partial charge in [0.15, 0.2) is 5.75 Å². The maximum Gasteiger partial charge on any atom is 0.162 e. The van der Waals surface area contributed by atoms with Gasteiger partial charge in [-0.1, -0.05) is 19.8 Å². The minimum Gasteiger partial charge on any atom is -0.493 e. The lowest BCUT2D eigenvalue weighted by Crippen LogP contribution is -2.52. The summed E-state index contributed by atoms with van der Waals surface area (Å²) in [6.45, 7) is 2.27. The summed E-state index contributed by atoms with van der Waals surface area (Å²) < 4.78 is 7.10. The lowest BCUT2D eigenvalue weighted by molar-refractivity contribution is -0.0496. The predicted molar refractivity (Wildman–Crippen MR) is 78.8 cm³/mol. The van der Waals surface area contributed by atoms with Crippen molar-refractivity contribution in [3.8, 4) is 5.75 Å². The maximum absolute atomic E-state index is 11.1. The summed E-state index contributed by atoms with van der Waals surface area (Å²) in [5.41, 5.74) is 0.536. The first-order valence-electron chi connectivity index (χ1n) is 7.33. The van der Waals surface area contributed by atoms with Crippen LogP contribution in [0.3, 0.4) is 0 Å². The van der Waals surface area contributed by atoms with Crippen LogP contribution in [0.2, 0.25) is 0 Å². The van der Waals surface area contributed by atoms with Gasteiger partial charge in [-0.25, -0.2) is 0 Å². The van der Waals surface area contributed by atoms with Crippen molar-refractivity contribution in [3.63, 3.8) is 0 Å². The van der Waals surface area contributed by atoms with Gasteiger partial charge in [0.1, 0.15) is 11.8 Å². The van der Waals surface area contributed by atoms with Crippen LogP contribution < -0.4 is 4.74 Å². The summed E-state index contributed by atoms with van der Waals surface area (Å²) in [5.74, 6) is 1.29. The third-order valence-corrected chi connectivity index (χ3v) is 4.84. The van der Waals surface area contributed by atoms with Gasteiger partial charge in [0, 0.05) is 7.05 Å². The Morgan fingerprint density at radius 1 is 1.55 bits per heavy atom. The normalized spacial score (nSPS) is 28.6. The molecule has 5 heteroatoms. The van der Waals surface area contributed by atoms with Gasteiger partial charge in [-0.05, 0) is 32.9 Å². The highest BCUT2D eigenvalue weighted by molar-refractivity contribution is 5.30. The van der Waals surface area contributed by atoms with E-state index in [0.29, 0.717) is 11.7 Å². The zero-order chi connectivity index (χ0) is 14.9. The largest absolute Gasteiger partial charge is 0.493 e. The molecule has 0 aliphatic heterocycles. The lowest BCUT2D eigenvalue weighted by atomic mass is 9.71. The van der Waals surface area contributed by atoms with Crippen molar-refractivity contribution < 1.29 is 9.84 Å². The Labute approximate surface area is 121 Å². The SMILES string of the molecule is COc1cnn(C)c1C(O)C1(N(C)C)CCCC(C)C1. The van der Waals surface area contributed by atoms with Gasteiger partial charge in [0.05, 0.1) is 18.8 Å². The smallest absolute Gasteiger partial charge is 0.162 e. The first kappa shape index (κ1) is 15.3. The number of aryl methyl sites for hydroxylation is 1. The highest BCUT2D eigenvalue weighted by atomic mass is 16.5. The number of methoxy groups -OCH3 is 1. The standard InChI is InChI=1S/C15H27N3O2/c1-11-7-6-8-15(9-11,17(2)3)14(19)13-12(20-5)10-16-18(13)4/h10-11,14,19H,6-9H2,1-5H3. The van der Waals surface area contributed by atoms with E-state index in [1.54, 1.807) is 18.0 Å².